The number of hydrogen-bond donors (Lipinski definition) is 1. The second-order valence-electron chi connectivity index (χ2n) is 6.95. The Morgan fingerprint density at radius 3 is 2.88 bits per heavy atom. The van der Waals surface area contributed by atoms with Crippen LogP contribution in [0.5, 0.6) is 0 Å². The fourth-order valence-corrected chi connectivity index (χ4v) is 6.06. The highest BCUT2D eigenvalue weighted by molar-refractivity contribution is 5.28. The van der Waals surface area contributed by atoms with Gasteiger partial charge in [-0.3, -0.25) is 0 Å². The zero-order valence-corrected chi connectivity index (χ0v) is 10.3. The minimum Gasteiger partial charge on any atom is -0.390 e. The van der Waals surface area contributed by atoms with Gasteiger partial charge >= 0.3 is 0 Å². The van der Waals surface area contributed by atoms with Crippen LogP contribution in [0, 0.1) is 16.7 Å². The lowest BCUT2D eigenvalue weighted by Gasteiger charge is -2.50. The molecule has 4 fully saturated rings. The van der Waals surface area contributed by atoms with Crippen LogP contribution in [0.3, 0.4) is 0 Å². The van der Waals surface area contributed by atoms with E-state index >= 15 is 0 Å². The minimum absolute atomic E-state index is 0.0198. The lowest BCUT2D eigenvalue weighted by molar-refractivity contribution is -0.0513. The molecule has 0 spiro atoms. The summed E-state index contributed by atoms with van der Waals surface area (Å²) in [4.78, 5) is 0. The van der Waals surface area contributed by atoms with Crippen molar-refractivity contribution in [2.75, 3.05) is 0 Å². The van der Waals surface area contributed by atoms with Gasteiger partial charge in [-0.15, -0.1) is 0 Å². The predicted molar refractivity (Wildman–Crippen MR) is 61.0 cm³/mol. The van der Waals surface area contributed by atoms with E-state index in [1.165, 1.54) is 32.1 Å². The van der Waals surface area contributed by atoms with Gasteiger partial charge in [-0.2, -0.15) is 0 Å². The molecule has 2 nitrogen and oxygen atoms in total. The first-order valence-corrected chi connectivity index (χ1v) is 6.92. The van der Waals surface area contributed by atoms with E-state index in [9.17, 15) is 5.11 Å². The molecule has 1 unspecified atom stereocenters. The average Bonchev–Trinajstić information content (AvgIpc) is 2.69. The van der Waals surface area contributed by atoms with Crippen molar-refractivity contribution >= 4 is 0 Å². The van der Waals surface area contributed by atoms with Crippen molar-refractivity contribution in [2.24, 2.45) is 16.7 Å². The maximum Gasteiger partial charge on any atom is 0.113 e. The molecule has 3 aliphatic carbocycles. The monoisotopic (exact) mass is 222 g/mol. The van der Waals surface area contributed by atoms with E-state index in [1.54, 1.807) is 0 Å². The summed E-state index contributed by atoms with van der Waals surface area (Å²) in [5, 5.41) is 10.3. The third-order valence-corrected chi connectivity index (χ3v) is 6.86. The third-order valence-electron chi connectivity index (χ3n) is 6.86. The summed E-state index contributed by atoms with van der Waals surface area (Å²) in [6.07, 6.45) is 7.68. The predicted octanol–water partition coefficient (Wildman–Crippen LogP) is 2.50. The number of aliphatic hydroxyl groups is 1. The molecule has 90 valence electrons. The SMILES string of the molecule is CC1CC[C@]23CCC[C@]12C[C@H](O)[C@H]1O[C@]13C. The van der Waals surface area contributed by atoms with E-state index in [0.717, 1.165) is 12.3 Å². The van der Waals surface area contributed by atoms with Gasteiger partial charge in [0.05, 0.1) is 6.10 Å². The highest BCUT2D eigenvalue weighted by atomic mass is 16.6. The molecule has 4 aliphatic rings. The van der Waals surface area contributed by atoms with E-state index in [1.807, 2.05) is 0 Å². The molecule has 3 saturated carbocycles. The molecule has 0 radical (unpaired) electrons. The summed E-state index contributed by atoms with van der Waals surface area (Å²) in [5.41, 5.74) is 0.851. The van der Waals surface area contributed by atoms with Gasteiger partial charge in [0.25, 0.3) is 0 Å². The first kappa shape index (κ1) is 9.90. The van der Waals surface area contributed by atoms with Crippen LogP contribution in [0.25, 0.3) is 0 Å². The molecule has 0 bridgehead atoms. The van der Waals surface area contributed by atoms with Crippen molar-refractivity contribution < 1.29 is 9.84 Å². The summed E-state index contributed by atoms with van der Waals surface area (Å²) in [5.74, 6) is 0.784. The molecule has 0 aromatic heterocycles. The lowest BCUT2D eigenvalue weighted by Crippen LogP contribution is -2.54. The van der Waals surface area contributed by atoms with Crippen molar-refractivity contribution in [2.45, 2.75) is 70.2 Å². The standard InChI is InChI=1S/C14H22O2/c1-9-4-7-14-6-3-5-13(9,14)8-10(15)11-12(14,2)16-11/h9-11,15H,3-8H2,1-2H3/t9?,10-,11+,12+,13-,14-/m0/s1. The number of aliphatic hydroxyl groups excluding tert-OH is 1. The summed E-state index contributed by atoms with van der Waals surface area (Å²) >= 11 is 0. The molecule has 4 rings (SSSR count). The van der Waals surface area contributed by atoms with Crippen LogP contribution in [0.4, 0.5) is 0 Å². The van der Waals surface area contributed by atoms with Gasteiger partial charge in [0.2, 0.25) is 0 Å². The van der Waals surface area contributed by atoms with Crippen LogP contribution in [0.2, 0.25) is 0 Å². The van der Waals surface area contributed by atoms with E-state index in [0.29, 0.717) is 10.8 Å². The van der Waals surface area contributed by atoms with Gasteiger partial charge in [0.15, 0.2) is 0 Å². The van der Waals surface area contributed by atoms with Crippen LogP contribution in [-0.2, 0) is 4.74 Å². The summed E-state index contributed by atoms with van der Waals surface area (Å²) in [6, 6.07) is 0. The molecular formula is C14H22O2. The average molecular weight is 222 g/mol. The fourth-order valence-electron chi connectivity index (χ4n) is 6.06. The molecule has 1 saturated heterocycles. The van der Waals surface area contributed by atoms with Gasteiger partial charge in [-0.1, -0.05) is 13.3 Å². The molecular weight excluding hydrogens is 200 g/mol. The number of fused-ring (bicyclic) bond motifs is 1. The summed E-state index contributed by atoms with van der Waals surface area (Å²) in [6.45, 7) is 4.68. The first-order valence-electron chi connectivity index (χ1n) is 6.92. The van der Waals surface area contributed by atoms with Crippen molar-refractivity contribution in [1.29, 1.82) is 0 Å². The molecule has 1 aliphatic heterocycles. The fraction of sp³-hybridized carbons (Fsp3) is 1.00. The Morgan fingerprint density at radius 1 is 1.25 bits per heavy atom. The van der Waals surface area contributed by atoms with Gasteiger partial charge in [0.1, 0.15) is 11.7 Å². The van der Waals surface area contributed by atoms with Crippen molar-refractivity contribution in [3.05, 3.63) is 0 Å². The van der Waals surface area contributed by atoms with Crippen molar-refractivity contribution in [3.63, 3.8) is 0 Å². The molecule has 1 heterocycles. The Hall–Kier alpha value is -0.0800. The summed E-state index contributed by atoms with van der Waals surface area (Å²) in [7, 11) is 0. The quantitative estimate of drug-likeness (QED) is 0.639. The van der Waals surface area contributed by atoms with Crippen LogP contribution in [-0.4, -0.2) is 22.9 Å². The number of epoxide rings is 1. The van der Waals surface area contributed by atoms with Gasteiger partial charge in [0, 0.05) is 5.41 Å². The Bertz CT molecular complexity index is 355. The lowest BCUT2D eigenvalue weighted by atomic mass is 9.52. The molecule has 2 heteroatoms. The largest absolute Gasteiger partial charge is 0.390 e. The third kappa shape index (κ3) is 0.743. The molecule has 0 amide bonds. The van der Waals surface area contributed by atoms with E-state index < -0.39 is 0 Å². The normalized spacial score (nSPS) is 67.3. The number of hydrogen-bond acceptors (Lipinski definition) is 2. The number of rotatable bonds is 0. The second kappa shape index (κ2) is 2.51. The maximum atomic E-state index is 10.3. The van der Waals surface area contributed by atoms with Crippen LogP contribution in [0.15, 0.2) is 0 Å². The second-order valence-corrected chi connectivity index (χ2v) is 6.95. The van der Waals surface area contributed by atoms with Gasteiger partial charge in [-0.25, -0.2) is 0 Å². The zero-order valence-electron chi connectivity index (χ0n) is 10.3. The Kier molecular flexibility index (Phi) is 1.55. The molecule has 0 aromatic carbocycles. The minimum atomic E-state index is -0.197. The van der Waals surface area contributed by atoms with Crippen LogP contribution in [0.1, 0.15) is 52.4 Å². The molecule has 1 N–H and O–H groups in total. The van der Waals surface area contributed by atoms with E-state index in [4.69, 9.17) is 4.74 Å². The zero-order chi connectivity index (χ0) is 11.2. The van der Waals surface area contributed by atoms with Crippen molar-refractivity contribution in [1.82, 2.24) is 0 Å². The van der Waals surface area contributed by atoms with Gasteiger partial charge < -0.3 is 9.84 Å². The maximum absolute atomic E-state index is 10.3. The Morgan fingerprint density at radius 2 is 2.06 bits per heavy atom. The Balaban J connectivity index is 1.89. The van der Waals surface area contributed by atoms with E-state index in [-0.39, 0.29) is 17.8 Å². The molecule has 16 heavy (non-hydrogen) atoms. The van der Waals surface area contributed by atoms with E-state index in [2.05, 4.69) is 13.8 Å². The Labute approximate surface area is 97.4 Å². The number of ether oxygens (including phenoxy) is 1. The highest BCUT2D eigenvalue weighted by Crippen LogP contribution is 2.78. The van der Waals surface area contributed by atoms with Crippen LogP contribution < -0.4 is 0 Å². The molecule has 6 atom stereocenters. The van der Waals surface area contributed by atoms with Crippen molar-refractivity contribution in [3.8, 4) is 0 Å². The smallest absolute Gasteiger partial charge is 0.113 e. The van der Waals surface area contributed by atoms with Crippen LogP contribution >= 0.6 is 0 Å². The first-order chi connectivity index (χ1) is 7.56. The van der Waals surface area contributed by atoms with Gasteiger partial charge in [-0.05, 0) is 50.4 Å². The molecule has 0 aromatic rings. The summed E-state index contributed by atoms with van der Waals surface area (Å²) < 4.78 is 5.99. The highest BCUT2D eigenvalue weighted by Gasteiger charge is 2.80. The topological polar surface area (TPSA) is 32.8 Å².